The van der Waals surface area contributed by atoms with Gasteiger partial charge in [-0.2, -0.15) is 0 Å². The van der Waals surface area contributed by atoms with Crippen LogP contribution in [0.5, 0.6) is 0 Å². The quantitative estimate of drug-likeness (QED) is 0.503. The van der Waals surface area contributed by atoms with Gasteiger partial charge in [0.1, 0.15) is 0 Å². The zero-order valence-electron chi connectivity index (χ0n) is 11.4. The molecule has 0 bridgehead atoms. The lowest BCUT2D eigenvalue weighted by Gasteiger charge is -2.20. The van der Waals surface area contributed by atoms with E-state index in [9.17, 15) is 10.1 Å². The average Bonchev–Trinajstić information content (AvgIpc) is 2.49. The summed E-state index contributed by atoms with van der Waals surface area (Å²) in [7, 11) is 1.86. The highest BCUT2D eigenvalue weighted by molar-refractivity contribution is 6.30. The molecule has 0 spiro atoms. The molecule has 0 aliphatic rings. The third-order valence-corrected chi connectivity index (χ3v) is 3.31. The number of hydrazine groups is 1. The van der Waals surface area contributed by atoms with Crippen LogP contribution >= 0.6 is 11.6 Å². The minimum absolute atomic E-state index is 0.0107. The maximum absolute atomic E-state index is 10.9. The van der Waals surface area contributed by atoms with Gasteiger partial charge in [0.05, 0.1) is 10.6 Å². The highest BCUT2D eigenvalue weighted by atomic mass is 35.5. The van der Waals surface area contributed by atoms with Crippen LogP contribution < -0.4 is 16.2 Å². The van der Waals surface area contributed by atoms with Crippen molar-refractivity contribution in [2.24, 2.45) is 5.84 Å². The minimum Gasteiger partial charge on any atom is -0.370 e. The van der Waals surface area contributed by atoms with Crippen LogP contribution in [0.2, 0.25) is 5.02 Å². The molecule has 0 unspecified atom stereocenters. The van der Waals surface area contributed by atoms with Crippen LogP contribution in [0.15, 0.2) is 42.5 Å². The first kappa shape index (κ1) is 15.1. The van der Waals surface area contributed by atoms with Crippen LogP contribution in [-0.2, 0) is 6.54 Å². The van der Waals surface area contributed by atoms with E-state index in [1.807, 2.05) is 36.2 Å². The maximum Gasteiger partial charge on any atom is 0.273 e. The van der Waals surface area contributed by atoms with Gasteiger partial charge in [-0.15, -0.1) is 0 Å². The van der Waals surface area contributed by atoms with E-state index in [4.69, 9.17) is 17.4 Å². The fraction of sp³-hybridized carbons (Fsp3) is 0.143. The zero-order valence-corrected chi connectivity index (χ0v) is 12.2. The molecule has 6 nitrogen and oxygen atoms in total. The van der Waals surface area contributed by atoms with Crippen molar-refractivity contribution in [3.63, 3.8) is 0 Å². The fourth-order valence-electron chi connectivity index (χ4n) is 1.96. The second-order valence-corrected chi connectivity index (χ2v) is 5.06. The topological polar surface area (TPSA) is 84.4 Å². The zero-order chi connectivity index (χ0) is 15.4. The predicted molar refractivity (Wildman–Crippen MR) is 84.5 cm³/mol. The number of anilines is 2. The summed E-state index contributed by atoms with van der Waals surface area (Å²) in [6.07, 6.45) is 0. The molecule has 2 aromatic carbocycles. The molecule has 0 radical (unpaired) electrons. The van der Waals surface area contributed by atoms with E-state index >= 15 is 0 Å². The Morgan fingerprint density at radius 1 is 1.29 bits per heavy atom. The lowest BCUT2D eigenvalue weighted by Crippen LogP contribution is -2.17. The summed E-state index contributed by atoms with van der Waals surface area (Å²) >= 11 is 5.85. The van der Waals surface area contributed by atoms with Crippen molar-refractivity contribution >= 4 is 28.7 Å². The van der Waals surface area contributed by atoms with Crippen LogP contribution in [-0.4, -0.2) is 12.0 Å². The Kier molecular flexibility index (Phi) is 4.62. The summed E-state index contributed by atoms with van der Waals surface area (Å²) in [4.78, 5) is 12.4. The first-order chi connectivity index (χ1) is 9.99. The average molecular weight is 307 g/mol. The van der Waals surface area contributed by atoms with Crippen molar-refractivity contribution in [1.29, 1.82) is 0 Å². The Morgan fingerprint density at radius 3 is 2.52 bits per heavy atom. The number of halogens is 1. The number of nitro groups is 1. The van der Waals surface area contributed by atoms with Gasteiger partial charge in [-0.25, -0.2) is 0 Å². The van der Waals surface area contributed by atoms with Gasteiger partial charge < -0.3 is 10.3 Å². The van der Waals surface area contributed by atoms with E-state index in [1.54, 1.807) is 6.07 Å². The number of nitrogens with one attached hydrogen (secondary N) is 1. The van der Waals surface area contributed by atoms with Gasteiger partial charge in [-0.05, 0) is 23.8 Å². The molecule has 2 aromatic rings. The van der Waals surface area contributed by atoms with E-state index in [0.717, 1.165) is 5.56 Å². The lowest BCUT2D eigenvalue weighted by atomic mass is 10.2. The summed E-state index contributed by atoms with van der Waals surface area (Å²) in [5.74, 6) is 5.35. The third-order valence-electron chi connectivity index (χ3n) is 3.05. The second kappa shape index (κ2) is 6.43. The largest absolute Gasteiger partial charge is 0.370 e. The molecule has 0 saturated heterocycles. The van der Waals surface area contributed by atoms with Crippen LogP contribution in [0.3, 0.4) is 0 Å². The summed E-state index contributed by atoms with van der Waals surface area (Å²) in [6, 6.07) is 12.1. The molecule has 3 N–H and O–H groups in total. The van der Waals surface area contributed by atoms with E-state index in [1.165, 1.54) is 12.1 Å². The number of nitro benzene ring substituents is 1. The molecular formula is C14H15ClN4O2. The Labute approximate surface area is 127 Å². The van der Waals surface area contributed by atoms with Gasteiger partial charge in [0, 0.05) is 36.4 Å². The summed E-state index contributed by atoms with van der Waals surface area (Å²) in [5.41, 5.74) is 4.67. The first-order valence-electron chi connectivity index (χ1n) is 6.21. The van der Waals surface area contributed by atoms with Gasteiger partial charge in [-0.1, -0.05) is 23.7 Å². The molecule has 0 amide bonds. The second-order valence-electron chi connectivity index (χ2n) is 4.62. The molecule has 0 aliphatic carbocycles. The highest BCUT2D eigenvalue weighted by Crippen LogP contribution is 2.27. The number of hydrogen-bond acceptors (Lipinski definition) is 5. The first-order valence-corrected chi connectivity index (χ1v) is 6.59. The van der Waals surface area contributed by atoms with Crippen molar-refractivity contribution in [3.05, 3.63) is 63.2 Å². The molecular weight excluding hydrogens is 292 g/mol. The van der Waals surface area contributed by atoms with Crippen LogP contribution in [0.1, 0.15) is 5.56 Å². The Hall–Kier alpha value is -2.31. The molecule has 0 atom stereocenters. The fourth-order valence-corrected chi connectivity index (χ4v) is 2.09. The third kappa shape index (κ3) is 3.84. The van der Waals surface area contributed by atoms with Crippen molar-refractivity contribution in [3.8, 4) is 0 Å². The van der Waals surface area contributed by atoms with Crippen LogP contribution in [0.25, 0.3) is 0 Å². The normalized spacial score (nSPS) is 10.2. The van der Waals surface area contributed by atoms with Gasteiger partial charge in [0.2, 0.25) is 0 Å². The lowest BCUT2D eigenvalue weighted by molar-refractivity contribution is -0.384. The van der Waals surface area contributed by atoms with E-state index in [0.29, 0.717) is 22.9 Å². The molecule has 0 aliphatic heterocycles. The maximum atomic E-state index is 10.9. The summed E-state index contributed by atoms with van der Waals surface area (Å²) in [6.45, 7) is 0.600. The van der Waals surface area contributed by atoms with E-state index in [2.05, 4.69) is 5.43 Å². The monoisotopic (exact) mass is 306 g/mol. The Balaban J connectivity index is 2.25. The van der Waals surface area contributed by atoms with Gasteiger partial charge in [0.15, 0.2) is 0 Å². The number of hydrogen-bond donors (Lipinski definition) is 2. The number of benzene rings is 2. The van der Waals surface area contributed by atoms with Gasteiger partial charge in [0.25, 0.3) is 5.69 Å². The number of rotatable bonds is 5. The Bertz CT molecular complexity index is 646. The highest BCUT2D eigenvalue weighted by Gasteiger charge is 2.12. The molecule has 21 heavy (non-hydrogen) atoms. The van der Waals surface area contributed by atoms with Crippen molar-refractivity contribution < 1.29 is 4.92 Å². The number of nitrogens with two attached hydrogens (primary N) is 1. The van der Waals surface area contributed by atoms with Crippen molar-refractivity contribution in [2.45, 2.75) is 6.54 Å². The predicted octanol–water partition coefficient (Wildman–Crippen LogP) is 3.17. The summed E-state index contributed by atoms with van der Waals surface area (Å²) in [5, 5.41) is 11.6. The molecule has 0 aromatic heterocycles. The number of non-ortho nitro benzene ring substituents is 1. The van der Waals surface area contributed by atoms with Crippen LogP contribution in [0.4, 0.5) is 17.1 Å². The smallest absolute Gasteiger partial charge is 0.273 e. The molecule has 0 heterocycles. The molecule has 110 valence electrons. The molecule has 0 fully saturated rings. The number of nitrogens with zero attached hydrogens (tertiary/aromatic N) is 2. The molecule has 0 saturated carbocycles. The minimum atomic E-state index is -0.444. The van der Waals surface area contributed by atoms with E-state index < -0.39 is 4.92 Å². The van der Waals surface area contributed by atoms with Crippen LogP contribution in [0, 0.1) is 10.1 Å². The molecule has 7 heteroatoms. The Morgan fingerprint density at radius 2 is 1.95 bits per heavy atom. The van der Waals surface area contributed by atoms with E-state index in [-0.39, 0.29) is 5.69 Å². The number of nitrogen functional groups attached to an aromatic ring is 1. The van der Waals surface area contributed by atoms with Gasteiger partial charge >= 0.3 is 0 Å². The standard InChI is InChI=1S/C14H15ClN4O2/c1-18(9-10-2-4-11(15)5-3-10)13-6-12(17-16)7-14(8-13)19(20)21/h2-8,17H,9,16H2,1H3. The van der Waals surface area contributed by atoms with Gasteiger partial charge in [-0.3, -0.25) is 16.0 Å². The van der Waals surface area contributed by atoms with Crippen molar-refractivity contribution in [2.75, 3.05) is 17.4 Å². The molecule has 2 rings (SSSR count). The SMILES string of the molecule is CN(Cc1ccc(Cl)cc1)c1cc(NN)cc([N+](=O)[O-])c1. The summed E-state index contributed by atoms with van der Waals surface area (Å²) < 4.78 is 0. The van der Waals surface area contributed by atoms with Crippen molar-refractivity contribution in [1.82, 2.24) is 0 Å².